The lowest BCUT2D eigenvalue weighted by atomic mass is 10.3. The number of carbonyl (C=O) groups excluding carboxylic acids is 1. The second kappa shape index (κ2) is 9.71. The monoisotopic (exact) mass is 389 g/mol. The maximum absolute atomic E-state index is 11.7. The molecular weight excluding hydrogens is 373 g/mol. The van der Waals surface area contributed by atoms with E-state index >= 15 is 0 Å². The Morgan fingerprint density at radius 1 is 1.42 bits per heavy atom. The van der Waals surface area contributed by atoms with E-state index in [0.717, 1.165) is 0 Å². The lowest BCUT2D eigenvalue weighted by Crippen LogP contribution is -2.25. The number of thioether (sulfide) groups is 1. The zero-order chi connectivity index (χ0) is 17.4. The minimum absolute atomic E-state index is 0.0119. The van der Waals surface area contributed by atoms with Gasteiger partial charge in [-0.05, 0) is 35.0 Å². The van der Waals surface area contributed by atoms with E-state index in [4.69, 9.17) is 27.9 Å². The molecule has 1 heterocycles. The van der Waals surface area contributed by atoms with Gasteiger partial charge in [0.2, 0.25) is 11.1 Å². The molecule has 0 saturated heterocycles. The van der Waals surface area contributed by atoms with Crippen molar-refractivity contribution < 1.29 is 9.53 Å². The van der Waals surface area contributed by atoms with Gasteiger partial charge in [-0.2, -0.15) is 0 Å². The van der Waals surface area contributed by atoms with Crippen LogP contribution in [-0.2, 0) is 11.8 Å². The first-order valence-electron chi connectivity index (χ1n) is 7.26. The van der Waals surface area contributed by atoms with E-state index in [0.29, 0.717) is 52.7 Å². The lowest BCUT2D eigenvalue weighted by molar-refractivity contribution is -0.120. The number of nitrogens with zero attached hydrogens (tertiary/aromatic N) is 4. The number of tetrazole rings is 1. The normalized spacial score (nSPS) is 10.6. The van der Waals surface area contributed by atoms with E-state index in [1.54, 1.807) is 29.9 Å². The van der Waals surface area contributed by atoms with Gasteiger partial charge in [0, 0.05) is 30.8 Å². The number of aromatic nitrogens is 4. The fraction of sp³-hybridized carbons (Fsp3) is 0.429. The first-order chi connectivity index (χ1) is 11.6. The highest BCUT2D eigenvalue weighted by molar-refractivity contribution is 7.99. The lowest BCUT2D eigenvalue weighted by Gasteiger charge is -2.09. The minimum atomic E-state index is -0.0119. The first kappa shape index (κ1) is 18.8. The second-order valence-corrected chi connectivity index (χ2v) is 6.72. The van der Waals surface area contributed by atoms with Crippen LogP contribution in [0.25, 0.3) is 0 Å². The maximum atomic E-state index is 11.7. The third-order valence-corrected chi connectivity index (χ3v) is 4.48. The van der Waals surface area contributed by atoms with Gasteiger partial charge in [-0.1, -0.05) is 35.0 Å². The number of rotatable bonds is 9. The van der Waals surface area contributed by atoms with Crippen LogP contribution in [0, 0.1) is 0 Å². The van der Waals surface area contributed by atoms with E-state index in [-0.39, 0.29) is 5.91 Å². The van der Waals surface area contributed by atoms with Crippen LogP contribution in [0.3, 0.4) is 0 Å². The molecule has 0 spiro atoms. The molecule has 0 saturated carbocycles. The van der Waals surface area contributed by atoms with Crippen molar-refractivity contribution in [3.8, 4) is 5.75 Å². The number of ether oxygens (including phenoxy) is 1. The van der Waals surface area contributed by atoms with Crippen molar-refractivity contribution in [1.29, 1.82) is 0 Å². The van der Waals surface area contributed by atoms with Crippen LogP contribution in [-0.4, -0.2) is 45.0 Å². The maximum Gasteiger partial charge on any atom is 0.220 e. The second-order valence-electron chi connectivity index (χ2n) is 4.81. The van der Waals surface area contributed by atoms with Gasteiger partial charge >= 0.3 is 0 Å². The van der Waals surface area contributed by atoms with E-state index in [1.165, 1.54) is 11.8 Å². The summed E-state index contributed by atoms with van der Waals surface area (Å²) in [5, 5.41) is 15.7. The van der Waals surface area contributed by atoms with Crippen LogP contribution in [0.15, 0.2) is 23.4 Å². The van der Waals surface area contributed by atoms with Gasteiger partial charge in [-0.25, -0.2) is 4.68 Å². The van der Waals surface area contributed by atoms with Crippen molar-refractivity contribution in [2.24, 2.45) is 7.05 Å². The molecule has 130 valence electrons. The molecular formula is C14H17Cl2N5O2S. The molecule has 0 bridgehead atoms. The van der Waals surface area contributed by atoms with Crippen LogP contribution in [0.4, 0.5) is 0 Å². The van der Waals surface area contributed by atoms with Gasteiger partial charge in [0.05, 0.1) is 11.6 Å². The van der Waals surface area contributed by atoms with Crippen LogP contribution < -0.4 is 10.1 Å². The highest BCUT2D eigenvalue weighted by atomic mass is 35.5. The summed E-state index contributed by atoms with van der Waals surface area (Å²) >= 11 is 13.3. The molecule has 2 rings (SSSR count). The summed E-state index contributed by atoms with van der Waals surface area (Å²) in [5.74, 6) is 1.19. The molecule has 1 N–H and O–H groups in total. The third kappa shape index (κ3) is 6.18. The molecule has 1 aromatic heterocycles. The quantitative estimate of drug-likeness (QED) is 0.524. The van der Waals surface area contributed by atoms with Crippen molar-refractivity contribution in [1.82, 2.24) is 25.5 Å². The number of amides is 1. The van der Waals surface area contributed by atoms with E-state index < -0.39 is 0 Å². The van der Waals surface area contributed by atoms with Crippen molar-refractivity contribution in [3.63, 3.8) is 0 Å². The average molecular weight is 390 g/mol. The zero-order valence-electron chi connectivity index (χ0n) is 13.0. The molecule has 7 nitrogen and oxygen atoms in total. The molecule has 1 amide bonds. The van der Waals surface area contributed by atoms with Crippen LogP contribution in [0.1, 0.15) is 12.8 Å². The third-order valence-electron chi connectivity index (χ3n) is 2.94. The number of carbonyl (C=O) groups is 1. The summed E-state index contributed by atoms with van der Waals surface area (Å²) in [4.78, 5) is 11.7. The SMILES string of the molecule is Cn1nnnc1SCCC(=O)NCCCOc1ccc(Cl)cc1Cl. The predicted molar refractivity (Wildman–Crippen MR) is 93.7 cm³/mol. The smallest absolute Gasteiger partial charge is 0.220 e. The van der Waals surface area contributed by atoms with Gasteiger partial charge in [-0.15, -0.1) is 5.10 Å². The molecule has 2 aromatic rings. The summed E-state index contributed by atoms with van der Waals surface area (Å²) in [6.07, 6.45) is 1.09. The van der Waals surface area contributed by atoms with E-state index in [2.05, 4.69) is 20.8 Å². The Kier molecular flexibility index (Phi) is 7.61. The van der Waals surface area contributed by atoms with Crippen molar-refractivity contribution in [2.75, 3.05) is 18.9 Å². The summed E-state index contributed by atoms with van der Waals surface area (Å²) in [5.41, 5.74) is 0. The van der Waals surface area contributed by atoms with Crippen molar-refractivity contribution in [3.05, 3.63) is 28.2 Å². The van der Waals surface area contributed by atoms with Crippen LogP contribution in [0.2, 0.25) is 10.0 Å². The number of aryl methyl sites for hydroxylation is 1. The highest BCUT2D eigenvalue weighted by Crippen LogP contribution is 2.27. The van der Waals surface area contributed by atoms with Gasteiger partial charge < -0.3 is 10.1 Å². The highest BCUT2D eigenvalue weighted by Gasteiger charge is 2.06. The molecule has 24 heavy (non-hydrogen) atoms. The van der Waals surface area contributed by atoms with Crippen LogP contribution in [0.5, 0.6) is 5.75 Å². The summed E-state index contributed by atoms with van der Waals surface area (Å²) in [6.45, 7) is 1.00. The largest absolute Gasteiger partial charge is 0.492 e. The van der Waals surface area contributed by atoms with Crippen molar-refractivity contribution in [2.45, 2.75) is 18.0 Å². The molecule has 0 aliphatic carbocycles. The molecule has 0 aliphatic rings. The number of benzene rings is 1. The fourth-order valence-electron chi connectivity index (χ4n) is 1.74. The number of nitrogens with one attached hydrogen (secondary N) is 1. The number of hydrogen-bond donors (Lipinski definition) is 1. The van der Waals surface area contributed by atoms with Crippen LogP contribution >= 0.6 is 35.0 Å². The van der Waals surface area contributed by atoms with Gasteiger partial charge in [0.1, 0.15) is 5.75 Å². The van der Waals surface area contributed by atoms with E-state index in [1.807, 2.05) is 0 Å². The number of halogens is 2. The zero-order valence-corrected chi connectivity index (χ0v) is 15.4. The number of hydrogen-bond acceptors (Lipinski definition) is 6. The Hall–Kier alpha value is -1.51. The topological polar surface area (TPSA) is 81.9 Å². The van der Waals surface area contributed by atoms with Gasteiger partial charge in [-0.3, -0.25) is 4.79 Å². The average Bonchev–Trinajstić information content (AvgIpc) is 2.94. The molecule has 0 fully saturated rings. The Labute approximate surface area is 154 Å². The van der Waals surface area contributed by atoms with E-state index in [9.17, 15) is 4.79 Å². The standard InChI is InChI=1S/C14H17Cl2N5O2S/c1-21-14(18-19-20-21)24-8-5-13(22)17-6-2-7-23-12-4-3-10(15)9-11(12)16/h3-4,9H,2,5-8H2,1H3,(H,17,22). The Morgan fingerprint density at radius 3 is 2.96 bits per heavy atom. The molecule has 0 radical (unpaired) electrons. The minimum Gasteiger partial charge on any atom is -0.492 e. The predicted octanol–water partition coefficient (Wildman–Crippen LogP) is 2.58. The molecule has 0 atom stereocenters. The molecule has 10 heteroatoms. The molecule has 0 aliphatic heterocycles. The Bertz CT molecular complexity index is 683. The molecule has 1 aromatic carbocycles. The van der Waals surface area contributed by atoms with Gasteiger partial charge in [0.15, 0.2) is 0 Å². The Balaban J connectivity index is 1.55. The first-order valence-corrected chi connectivity index (χ1v) is 9.00. The summed E-state index contributed by atoms with van der Waals surface area (Å²) in [6, 6.07) is 5.07. The summed E-state index contributed by atoms with van der Waals surface area (Å²) in [7, 11) is 1.76. The summed E-state index contributed by atoms with van der Waals surface area (Å²) < 4.78 is 7.12. The van der Waals surface area contributed by atoms with Gasteiger partial charge in [0.25, 0.3) is 0 Å². The van der Waals surface area contributed by atoms with Crippen molar-refractivity contribution >= 4 is 40.9 Å². The Morgan fingerprint density at radius 2 is 2.25 bits per heavy atom. The molecule has 0 unspecified atom stereocenters. The fourth-order valence-corrected chi connectivity index (χ4v) is 2.99.